The first-order valence-corrected chi connectivity index (χ1v) is 16.3. The summed E-state index contributed by atoms with van der Waals surface area (Å²) in [4.78, 5) is 14.2. The third kappa shape index (κ3) is 5.52. The second-order valence-corrected chi connectivity index (χ2v) is 12.1. The van der Waals surface area contributed by atoms with E-state index < -0.39 is 0 Å². The number of aliphatic imine (C=N–C) groups is 2. The summed E-state index contributed by atoms with van der Waals surface area (Å²) in [6.45, 7) is 9.48. The highest BCUT2D eigenvalue weighted by molar-refractivity contribution is 6.24. The molecule has 0 amide bonds. The number of rotatable bonds is 10. The molecule has 46 heavy (non-hydrogen) atoms. The van der Waals surface area contributed by atoms with Gasteiger partial charge in [-0.1, -0.05) is 13.8 Å². The van der Waals surface area contributed by atoms with Gasteiger partial charge in [0.25, 0.3) is 10.7 Å². The van der Waals surface area contributed by atoms with E-state index >= 15 is 0 Å². The fourth-order valence-electron chi connectivity index (χ4n) is 6.98. The molecule has 0 radical (unpaired) electrons. The van der Waals surface area contributed by atoms with E-state index in [-0.39, 0.29) is 13.2 Å². The predicted octanol–water partition coefficient (Wildman–Crippen LogP) is 2.29. The fourth-order valence-corrected chi connectivity index (χ4v) is 6.98. The van der Waals surface area contributed by atoms with Crippen LogP contribution in [-0.4, -0.2) is 60.7 Å². The summed E-state index contributed by atoms with van der Waals surface area (Å²) in [6.07, 6.45) is 13.2. The van der Waals surface area contributed by atoms with Gasteiger partial charge in [0.1, 0.15) is 11.0 Å². The molecule has 5 heterocycles. The molecule has 0 atom stereocenters. The van der Waals surface area contributed by atoms with Crippen LogP contribution >= 0.6 is 0 Å². The molecule has 1 aromatic heterocycles. The number of aromatic amines is 1. The largest absolute Gasteiger partial charge is 0.493 e. The summed E-state index contributed by atoms with van der Waals surface area (Å²) in [6, 6.07) is 4.05. The van der Waals surface area contributed by atoms with Crippen LogP contribution in [0.3, 0.4) is 0 Å². The minimum atomic E-state index is 0.124. The van der Waals surface area contributed by atoms with Gasteiger partial charge in [-0.3, -0.25) is 0 Å². The zero-order valence-corrected chi connectivity index (χ0v) is 27.8. The molecule has 240 valence electrons. The van der Waals surface area contributed by atoms with Gasteiger partial charge in [0.2, 0.25) is 6.20 Å². The maximum absolute atomic E-state index is 9.74. The fraction of sp³-hybridized carbons (Fsp3) is 0.405. The Balaban J connectivity index is 1.72. The Kier molecular flexibility index (Phi) is 9.06. The standard InChI is InChI=1S/C37H44N5O4/c1-7-24-25(8-2)29-16-31-27(12-10-14-44)23(4)33(40-31)20-42-21-41(34-17-36(45-5)37(46-6)18-35(34)42)19-32-22(3)26(11-9-13-43)30(39-32)15-28(24)38-29/h15-20,43-44H,7-14,21H2,1-6H3/q+1/p+1. The van der Waals surface area contributed by atoms with Gasteiger partial charge in [0.05, 0.1) is 43.5 Å². The van der Waals surface area contributed by atoms with E-state index in [9.17, 15) is 10.2 Å². The van der Waals surface area contributed by atoms with Crippen molar-refractivity contribution in [1.82, 2.24) is 14.1 Å². The SMILES string of the molecule is CCC1=C(CC)C2=NC1=CC1=NC(=C[N+]3=c4cc(OC)c(OC)cc4=[N+](C=c4[nH]c(c(CCCO)c4C)=C2)C3)C(C)=C1CCCO. The van der Waals surface area contributed by atoms with Crippen molar-refractivity contribution in [2.75, 3.05) is 34.1 Å². The molecule has 0 fully saturated rings. The lowest BCUT2D eigenvalue weighted by molar-refractivity contribution is 0.288. The summed E-state index contributed by atoms with van der Waals surface area (Å²) in [7, 11) is 3.31. The van der Waals surface area contributed by atoms with Crippen LogP contribution in [0.4, 0.5) is 0 Å². The zero-order valence-electron chi connectivity index (χ0n) is 27.8. The minimum Gasteiger partial charge on any atom is -0.493 e. The van der Waals surface area contributed by atoms with E-state index in [1.54, 1.807) is 14.2 Å². The molecule has 0 aliphatic carbocycles. The molecule has 8 bridgehead atoms. The number of ether oxygens (including phenoxy) is 2. The number of aliphatic hydroxyl groups is 2. The molecule has 9 heteroatoms. The Morgan fingerprint density at radius 1 is 0.761 bits per heavy atom. The van der Waals surface area contributed by atoms with E-state index in [0.29, 0.717) is 31.0 Å². The number of nitrogens with one attached hydrogen (secondary N) is 1. The molecule has 9 nitrogen and oxygen atoms in total. The number of methoxy groups -OCH3 is 2. The summed E-state index contributed by atoms with van der Waals surface area (Å²) < 4.78 is 15.9. The van der Waals surface area contributed by atoms with Gasteiger partial charge in [-0.25, -0.2) is 9.98 Å². The third-order valence-corrected chi connectivity index (χ3v) is 9.46. The van der Waals surface area contributed by atoms with E-state index in [0.717, 1.165) is 86.6 Å². The normalized spacial score (nSPS) is 17.0. The molecule has 6 rings (SSSR count). The second-order valence-electron chi connectivity index (χ2n) is 12.1. The summed E-state index contributed by atoms with van der Waals surface area (Å²) >= 11 is 0. The molecular weight excluding hydrogens is 578 g/mol. The number of benzene rings is 1. The van der Waals surface area contributed by atoms with E-state index in [1.165, 1.54) is 16.7 Å². The minimum absolute atomic E-state index is 0.124. The van der Waals surface area contributed by atoms with Gasteiger partial charge in [-0.05, 0) is 97.9 Å². The van der Waals surface area contributed by atoms with Crippen molar-refractivity contribution >= 4 is 23.7 Å². The zero-order chi connectivity index (χ0) is 32.5. The summed E-state index contributed by atoms with van der Waals surface area (Å²) in [5.74, 6) is 1.32. The summed E-state index contributed by atoms with van der Waals surface area (Å²) in [5, 5.41) is 23.5. The Labute approximate surface area is 269 Å². The number of hydrogen-bond acceptors (Lipinski definition) is 6. The van der Waals surface area contributed by atoms with Crippen molar-refractivity contribution in [3.8, 4) is 11.5 Å². The van der Waals surface area contributed by atoms with Crippen molar-refractivity contribution in [1.29, 1.82) is 0 Å². The lowest BCUT2D eigenvalue weighted by Crippen LogP contribution is -2.33. The number of fused-ring (bicyclic) bond motifs is 7. The van der Waals surface area contributed by atoms with Crippen molar-refractivity contribution in [2.24, 2.45) is 9.98 Å². The van der Waals surface area contributed by atoms with Crippen LogP contribution in [0.1, 0.15) is 64.0 Å². The molecule has 0 saturated carbocycles. The highest BCUT2D eigenvalue weighted by Gasteiger charge is 2.31. The van der Waals surface area contributed by atoms with Crippen molar-refractivity contribution < 1.29 is 19.7 Å². The maximum atomic E-state index is 9.74. The third-order valence-electron chi connectivity index (χ3n) is 9.46. The van der Waals surface area contributed by atoms with E-state index in [1.807, 2.05) is 12.1 Å². The first-order valence-electron chi connectivity index (χ1n) is 16.3. The molecular formula is C37H45N5O4+2. The molecule has 0 saturated heterocycles. The van der Waals surface area contributed by atoms with E-state index in [2.05, 4.69) is 66.4 Å². The molecule has 1 aromatic carbocycles. The Morgan fingerprint density at radius 2 is 1.37 bits per heavy atom. The van der Waals surface area contributed by atoms with Crippen molar-refractivity contribution in [2.45, 2.75) is 66.2 Å². The van der Waals surface area contributed by atoms with Gasteiger partial charge < -0.3 is 24.7 Å². The quantitative estimate of drug-likeness (QED) is 0.354. The highest BCUT2D eigenvalue weighted by atomic mass is 16.5. The van der Waals surface area contributed by atoms with Crippen LogP contribution in [0.15, 0.2) is 68.1 Å². The van der Waals surface area contributed by atoms with Gasteiger partial charge in [-0.2, -0.15) is 0 Å². The lowest BCUT2D eigenvalue weighted by atomic mass is 9.96. The molecule has 2 aromatic rings. The number of hydrogen-bond donors (Lipinski definition) is 3. The van der Waals surface area contributed by atoms with Crippen molar-refractivity contribution in [3.63, 3.8) is 0 Å². The Morgan fingerprint density at radius 3 is 2.00 bits per heavy atom. The topological polar surface area (TPSA) is 105 Å². The maximum Gasteiger partial charge on any atom is 0.345 e. The van der Waals surface area contributed by atoms with Crippen molar-refractivity contribution in [3.05, 3.63) is 90.6 Å². The van der Waals surface area contributed by atoms with Gasteiger partial charge >= 0.3 is 6.67 Å². The van der Waals surface area contributed by atoms with Gasteiger partial charge in [-0.15, -0.1) is 9.15 Å². The first-order chi connectivity index (χ1) is 22.3. The average molecular weight is 624 g/mol. The van der Waals surface area contributed by atoms with Gasteiger partial charge in [0.15, 0.2) is 17.7 Å². The number of H-pyrrole nitrogens is 1. The molecule has 0 spiro atoms. The van der Waals surface area contributed by atoms with Crippen LogP contribution < -0.4 is 40.0 Å². The monoisotopic (exact) mass is 623 g/mol. The highest BCUT2D eigenvalue weighted by Crippen LogP contribution is 2.34. The van der Waals surface area contributed by atoms with Crippen LogP contribution in [0.5, 0.6) is 11.5 Å². The predicted molar refractivity (Wildman–Crippen MR) is 183 cm³/mol. The molecule has 4 aliphatic rings. The second kappa shape index (κ2) is 13.2. The molecule has 3 N–H and O–H groups in total. The molecule has 0 unspecified atom stereocenters. The number of aromatic nitrogens is 1. The Hall–Kier alpha value is -4.34. The number of allylic oxidation sites excluding steroid dienone is 5. The van der Waals surface area contributed by atoms with Crippen LogP contribution in [-0.2, 0) is 6.42 Å². The average Bonchev–Trinajstić information content (AvgIpc) is 3.75. The van der Waals surface area contributed by atoms with Crippen LogP contribution in [0.2, 0.25) is 0 Å². The smallest absolute Gasteiger partial charge is 0.345 e. The Bertz CT molecular complexity index is 2050. The van der Waals surface area contributed by atoms with Gasteiger partial charge in [0, 0.05) is 18.6 Å². The number of nitrogens with zero attached hydrogens (tertiary/aromatic N) is 4. The molecule has 4 aliphatic heterocycles. The van der Waals surface area contributed by atoms with E-state index in [4.69, 9.17) is 19.5 Å². The lowest BCUT2D eigenvalue weighted by Gasteiger charge is -2.07. The number of aliphatic hydroxyl groups excluding tert-OH is 2. The van der Waals surface area contributed by atoms with Crippen LogP contribution in [0.25, 0.3) is 12.3 Å². The first kappa shape index (κ1) is 31.6. The van der Waals surface area contributed by atoms with Crippen LogP contribution in [0, 0.1) is 6.92 Å². The summed E-state index contributed by atoms with van der Waals surface area (Å²) in [5.41, 5.74) is 10.8.